The van der Waals surface area contributed by atoms with Crippen molar-refractivity contribution >= 4 is 23.3 Å². The molecule has 8 nitrogen and oxygen atoms in total. The molecule has 2 N–H and O–H groups in total. The fourth-order valence-corrected chi connectivity index (χ4v) is 6.61. The Balaban J connectivity index is 1.52. The molecule has 0 aromatic heterocycles. The molecule has 1 aliphatic carbocycles. The Hall–Kier alpha value is -2.52. The first-order chi connectivity index (χ1) is 17.4. The summed E-state index contributed by atoms with van der Waals surface area (Å²) < 4.78 is 20.2. The number of ketones is 1. The zero-order valence-electron chi connectivity index (χ0n) is 21.0. The maximum Gasteiger partial charge on any atom is 0.249 e. The summed E-state index contributed by atoms with van der Waals surface area (Å²) in [6.07, 6.45) is 2.51. The lowest BCUT2D eigenvalue weighted by Gasteiger charge is -2.37. The van der Waals surface area contributed by atoms with Gasteiger partial charge >= 0.3 is 0 Å². The first kappa shape index (κ1) is 25.1. The number of anilines is 1. The highest BCUT2D eigenvalue weighted by Crippen LogP contribution is 2.42. The normalized spacial score (nSPS) is 28.4. The minimum Gasteiger partial charge on any atom is -0.369 e. The summed E-state index contributed by atoms with van der Waals surface area (Å²) in [6, 6.07) is 4.70. The summed E-state index contributed by atoms with van der Waals surface area (Å²) in [6.45, 7) is 6.45. The number of benzene rings is 1. The SMILES string of the molecule is CCN1CCN(c2ccc(C(N)=O)c([C@@H](C(=O)N3C[C@H](F)[C@H]4OCC(=O)[C@H]43)C3CCCCC3)c2)CC1. The number of amides is 2. The number of halogens is 1. The van der Waals surface area contributed by atoms with Crippen molar-refractivity contribution in [2.45, 2.75) is 63.3 Å². The molecule has 1 aromatic carbocycles. The Labute approximate surface area is 211 Å². The topological polar surface area (TPSA) is 96.2 Å². The molecule has 0 bridgehead atoms. The Kier molecular flexibility index (Phi) is 7.30. The monoisotopic (exact) mass is 500 g/mol. The van der Waals surface area contributed by atoms with Crippen LogP contribution in [0.25, 0.3) is 0 Å². The number of nitrogens with two attached hydrogens (primary N) is 1. The van der Waals surface area contributed by atoms with E-state index in [1.807, 2.05) is 12.1 Å². The van der Waals surface area contributed by atoms with Gasteiger partial charge in [-0.05, 0) is 49.1 Å². The number of primary amides is 1. The van der Waals surface area contributed by atoms with Crippen LogP contribution in [0.3, 0.4) is 0 Å². The van der Waals surface area contributed by atoms with Gasteiger partial charge in [0.05, 0.1) is 12.5 Å². The second kappa shape index (κ2) is 10.5. The van der Waals surface area contributed by atoms with E-state index in [0.717, 1.165) is 70.5 Å². The van der Waals surface area contributed by atoms with E-state index in [0.29, 0.717) is 11.1 Å². The summed E-state index contributed by atoms with van der Waals surface area (Å²) in [5.41, 5.74) is 7.71. The lowest BCUT2D eigenvalue weighted by atomic mass is 9.74. The number of hydrogen-bond donors (Lipinski definition) is 1. The molecule has 1 aromatic rings. The fraction of sp³-hybridized carbons (Fsp3) is 0.667. The third-order valence-corrected chi connectivity index (χ3v) is 8.61. The van der Waals surface area contributed by atoms with Gasteiger partial charge in [0, 0.05) is 37.4 Å². The first-order valence-corrected chi connectivity index (χ1v) is 13.4. The van der Waals surface area contributed by atoms with Crippen LogP contribution >= 0.6 is 0 Å². The number of likely N-dealkylation sites (N-methyl/N-ethyl adjacent to an activating group) is 1. The molecule has 4 aliphatic rings. The van der Waals surface area contributed by atoms with E-state index in [2.05, 4.69) is 16.7 Å². The van der Waals surface area contributed by atoms with Gasteiger partial charge in [-0.15, -0.1) is 0 Å². The van der Waals surface area contributed by atoms with Crippen LogP contribution in [0.2, 0.25) is 0 Å². The molecule has 3 saturated heterocycles. The molecular formula is C27H37FN4O4. The number of carbonyl (C=O) groups excluding carboxylic acids is 3. The van der Waals surface area contributed by atoms with Crippen LogP contribution in [0.15, 0.2) is 18.2 Å². The number of likely N-dealkylation sites (tertiary alicyclic amines) is 1. The van der Waals surface area contributed by atoms with Gasteiger partial charge in [-0.2, -0.15) is 0 Å². The van der Waals surface area contributed by atoms with E-state index >= 15 is 0 Å². The first-order valence-electron chi connectivity index (χ1n) is 13.4. The van der Waals surface area contributed by atoms with E-state index in [4.69, 9.17) is 10.5 Å². The quantitative estimate of drug-likeness (QED) is 0.643. The van der Waals surface area contributed by atoms with E-state index in [1.54, 1.807) is 6.07 Å². The average molecular weight is 501 g/mol. The van der Waals surface area contributed by atoms with Crippen molar-refractivity contribution in [2.24, 2.45) is 11.7 Å². The van der Waals surface area contributed by atoms with Crippen LogP contribution in [-0.4, -0.2) is 91.6 Å². The summed E-state index contributed by atoms with van der Waals surface area (Å²) in [7, 11) is 0. The molecule has 9 heteroatoms. The minimum atomic E-state index is -1.39. The number of ether oxygens (including phenoxy) is 1. The predicted molar refractivity (Wildman–Crippen MR) is 134 cm³/mol. The maximum absolute atomic E-state index is 14.8. The van der Waals surface area contributed by atoms with Gasteiger partial charge in [-0.25, -0.2) is 4.39 Å². The van der Waals surface area contributed by atoms with Gasteiger partial charge in [-0.1, -0.05) is 26.2 Å². The summed E-state index contributed by atoms with van der Waals surface area (Å²) in [5, 5.41) is 0. The van der Waals surface area contributed by atoms with E-state index in [9.17, 15) is 18.8 Å². The van der Waals surface area contributed by atoms with Crippen molar-refractivity contribution in [1.29, 1.82) is 0 Å². The fourth-order valence-electron chi connectivity index (χ4n) is 6.61. The second-order valence-corrected chi connectivity index (χ2v) is 10.6. The zero-order valence-corrected chi connectivity index (χ0v) is 21.0. The second-order valence-electron chi connectivity index (χ2n) is 10.6. The molecule has 3 aliphatic heterocycles. The maximum atomic E-state index is 14.8. The molecule has 0 spiro atoms. The molecule has 0 unspecified atom stereocenters. The van der Waals surface area contributed by atoms with Gasteiger partial charge in [0.15, 0.2) is 5.78 Å². The van der Waals surface area contributed by atoms with E-state index < -0.39 is 30.1 Å². The number of carbonyl (C=O) groups is 3. The van der Waals surface area contributed by atoms with Gasteiger partial charge in [0.2, 0.25) is 11.8 Å². The summed E-state index contributed by atoms with van der Waals surface area (Å²) in [4.78, 5) is 45.4. The molecule has 0 radical (unpaired) electrons. The average Bonchev–Trinajstić information content (AvgIpc) is 3.45. The number of alkyl halides is 1. The number of rotatable bonds is 6. The van der Waals surface area contributed by atoms with Gasteiger partial charge in [-0.3, -0.25) is 14.4 Å². The molecule has 4 fully saturated rings. The number of piperazine rings is 1. The van der Waals surface area contributed by atoms with Crippen LogP contribution in [0.1, 0.15) is 60.9 Å². The minimum absolute atomic E-state index is 0.00562. The lowest BCUT2D eigenvalue weighted by molar-refractivity contribution is -0.139. The molecule has 2 amide bonds. The van der Waals surface area contributed by atoms with Crippen molar-refractivity contribution in [3.05, 3.63) is 29.3 Å². The highest BCUT2D eigenvalue weighted by Gasteiger charge is 2.54. The largest absolute Gasteiger partial charge is 0.369 e. The van der Waals surface area contributed by atoms with Crippen LogP contribution in [0, 0.1) is 5.92 Å². The third-order valence-electron chi connectivity index (χ3n) is 8.61. The Morgan fingerprint density at radius 1 is 1.14 bits per heavy atom. The van der Waals surface area contributed by atoms with Crippen molar-refractivity contribution in [3.8, 4) is 0 Å². The van der Waals surface area contributed by atoms with Crippen molar-refractivity contribution in [1.82, 2.24) is 9.80 Å². The van der Waals surface area contributed by atoms with E-state index in [1.165, 1.54) is 4.90 Å². The molecule has 1 saturated carbocycles. The van der Waals surface area contributed by atoms with E-state index in [-0.39, 0.29) is 30.8 Å². The lowest BCUT2D eigenvalue weighted by Crippen LogP contribution is -2.47. The standard InChI is InChI=1S/C27H37FN4O4/c1-2-30-10-12-31(13-11-30)18-8-9-19(26(29)34)20(14-18)23(17-6-4-3-5-7-17)27(35)32-15-21(28)25-24(32)22(33)16-36-25/h8-9,14,17,21,23-25H,2-7,10-13,15-16H2,1H3,(H2,29,34)/t21-,23-,24+,25+/m0/s1. The van der Waals surface area contributed by atoms with Crippen molar-refractivity contribution in [2.75, 3.05) is 50.8 Å². The van der Waals surface area contributed by atoms with Gasteiger partial charge < -0.3 is 25.2 Å². The molecule has 196 valence electrons. The van der Waals surface area contributed by atoms with Crippen molar-refractivity contribution < 1.29 is 23.5 Å². The van der Waals surface area contributed by atoms with Crippen LogP contribution in [-0.2, 0) is 14.3 Å². The number of nitrogens with zero attached hydrogens (tertiary/aromatic N) is 3. The van der Waals surface area contributed by atoms with Gasteiger partial charge in [0.1, 0.15) is 24.9 Å². The smallest absolute Gasteiger partial charge is 0.249 e. The number of hydrogen-bond acceptors (Lipinski definition) is 6. The Bertz CT molecular complexity index is 1010. The molecular weight excluding hydrogens is 463 g/mol. The third kappa shape index (κ3) is 4.63. The highest BCUT2D eigenvalue weighted by molar-refractivity contribution is 5.99. The summed E-state index contributed by atoms with van der Waals surface area (Å²) in [5.74, 6) is -1.76. The summed E-state index contributed by atoms with van der Waals surface area (Å²) >= 11 is 0. The molecule has 5 rings (SSSR count). The van der Waals surface area contributed by atoms with Crippen LogP contribution < -0.4 is 10.6 Å². The molecule has 36 heavy (non-hydrogen) atoms. The van der Waals surface area contributed by atoms with Gasteiger partial charge in [0.25, 0.3) is 0 Å². The van der Waals surface area contributed by atoms with Crippen molar-refractivity contribution in [3.63, 3.8) is 0 Å². The number of Topliss-reactive ketones (excluding diaryl/α,β-unsaturated/α-hetero) is 1. The number of fused-ring (bicyclic) bond motifs is 1. The molecule has 4 atom stereocenters. The Morgan fingerprint density at radius 3 is 2.53 bits per heavy atom. The molecule has 3 heterocycles. The highest BCUT2D eigenvalue weighted by atomic mass is 19.1. The Morgan fingerprint density at radius 2 is 1.86 bits per heavy atom. The predicted octanol–water partition coefficient (Wildman–Crippen LogP) is 2.11. The van der Waals surface area contributed by atoms with Crippen LogP contribution in [0.5, 0.6) is 0 Å². The van der Waals surface area contributed by atoms with Crippen LogP contribution in [0.4, 0.5) is 10.1 Å². The zero-order chi connectivity index (χ0) is 25.4.